The fourth-order valence-corrected chi connectivity index (χ4v) is 6.54. The number of ether oxygens (including phenoxy) is 2. The number of amides is 1. The number of benzene rings is 2. The molecule has 2 aromatic carbocycles. The van der Waals surface area contributed by atoms with E-state index >= 15 is 0 Å². The number of rotatable bonds is 15. The lowest BCUT2D eigenvalue weighted by Gasteiger charge is -2.46. The van der Waals surface area contributed by atoms with E-state index in [0.29, 0.717) is 25.4 Å². The minimum Gasteiger partial charge on any atom is -0.482 e. The molecule has 44 heavy (non-hydrogen) atoms. The standard InChI is InChI=1S/C35H49N3O5Si/c1-26(2)21-28(22-31(40)29-15-11-8-12-16-29)23-32-36(3)35(41)33-34(43-24-27-13-9-7-10-14-27)30(39)17-18-37(33)38(32)25-42-19-20-44(4,5)6/h7-18,26,28,31-32,40H,19-25H2,1-6H3. The van der Waals surface area contributed by atoms with Gasteiger partial charge in [-0.3, -0.25) is 19.3 Å². The van der Waals surface area contributed by atoms with E-state index in [4.69, 9.17) is 9.47 Å². The second kappa shape index (κ2) is 15.1. The summed E-state index contributed by atoms with van der Waals surface area (Å²) in [6.07, 6.45) is 2.81. The predicted molar refractivity (Wildman–Crippen MR) is 178 cm³/mol. The van der Waals surface area contributed by atoms with Gasteiger partial charge in [-0.05, 0) is 48.3 Å². The summed E-state index contributed by atoms with van der Waals surface area (Å²) in [5.41, 5.74) is 1.66. The third kappa shape index (κ3) is 8.83. The summed E-state index contributed by atoms with van der Waals surface area (Å²) in [5, 5.41) is 13.2. The van der Waals surface area contributed by atoms with Crippen LogP contribution in [0.4, 0.5) is 0 Å². The lowest BCUT2D eigenvalue weighted by Crippen LogP contribution is -2.61. The van der Waals surface area contributed by atoms with Crippen molar-refractivity contribution in [1.82, 2.24) is 9.58 Å². The molecular weight excluding hydrogens is 570 g/mol. The second-order valence-electron chi connectivity index (χ2n) is 13.6. The zero-order chi connectivity index (χ0) is 31.9. The number of hydrogen-bond donors (Lipinski definition) is 1. The second-order valence-corrected chi connectivity index (χ2v) is 19.2. The minimum absolute atomic E-state index is 0.0389. The lowest BCUT2D eigenvalue weighted by atomic mass is 9.86. The van der Waals surface area contributed by atoms with E-state index in [-0.39, 0.29) is 48.2 Å². The number of aromatic nitrogens is 1. The maximum atomic E-state index is 14.0. The molecule has 238 valence electrons. The first kappa shape index (κ1) is 33.5. The van der Waals surface area contributed by atoms with Gasteiger partial charge < -0.3 is 19.5 Å². The number of aliphatic hydroxyl groups is 1. The summed E-state index contributed by atoms with van der Waals surface area (Å²) in [6.45, 7) is 12.4. The van der Waals surface area contributed by atoms with Gasteiger partial charge in [0, 0.05) is 34.0 Å². The van der Waals surface area contributed by atoms with Crippen LogP contribution in [0.1, 0.15) is 60.8 Å². The Balaban J connectivity index is 1.66. The Hall–Kier alpha value is -3.40. The van der Waals surface area contributed by atoms with Gasteiger partial charge in [0.1, 0.15) is 19.5 Å². The first-order valence-corrected chi connectivity index (χ1v) is 19.4. The molecule has 9 heteroatoms. The molecule has 0 bridgehead atoms. The molecule has 0 spiro atoms. The monoisotopic (exact) mass is 619 g/mol. The zero-order valence-electron chi connectivity index (χ0n) is 27.1. The van der Waals surface area contributed by atoms with Crippen molar-refractivity contribution in [1.29, 1.82) is 0 Å². The van der Waals surface area contributed by atoms with Gasteiger partial charge in [-0.15, -0.1) is 0 Å². The molecule has 1 N–H and O–H groups in total. The van der Waals surface area contributed by atoms with Crippen LogP contribution < -0.4 is 15.2 Å². The maximum absolute atomic E-state index is 14.0. The normalized spacial score (nSPS) is 16.6. The third-order valence-corrected chi connectivity index (χ3v) is 9.87. The Bertz CT molecular complexity index is 1410. The van der Waals surface area contributed by atoms with E-state index in [2.05, 4.69) is 33.5 Å². The highest BCUT2D eigenvalue weighted by Crippen LogP contribution is 2.33. The van der Waals surface area contributed by atoms with Gasteiger partial charge >= 0.3 is 0 Å². The number of aliphatic hydroxyl groups excluding tert-OH is 1. The molecule has 8 nitrogen and oxygen atoms in total. The Kier molecular flexibility index (Phi) is 11.5. The van der Waals surface area contributed by atoms with Crippen molar-refractivity contribution in [2.24, 2.45) is 11.8 Å². The van der Waals surface area contributed by atoms with Crippen LogP contribution in [-0.2, 0) is 11.3 Å². The molecule has 0 aliphatic carbocycles. The van der Waals surface area contributed by atoms with Gasteiger partial charge in [0.05, 0.1) is 6.10 Å². The van der Waals surface area contributed by atoms with Gasteiger partial charge in [-0.25, -0.2) is 0 Å². The van der Waals surface area contributed by atoms with Crippen LogP contribution >= 0.6 is 0 Å². The van der Waals surface area contributed by atoms with Gasteiger partial charge in [0.2, 0.25) is 5.43 Å². The Morgan fingerprint density at radius 1 is 0.932 bits per heavy atom. The zero-order valence-corrected chi connectivity index (χ0v) is 28.1. The van der Waals surface area contributed by atoms with Crippen LogP contribution in [0.25, 0.3) is 0 Å². The summed E-state index contributed by atoms with van der Waals surface area (Å²) in [5.74, 6) is 0.303. The molecule has 0 saturated carbocycles. The predicted octanol–water partition coefficient (Wildman–Crippen LogP) is 6.27. The van der Waals surface area contributed by atoms with Crippen molar-refractivity contribution in [3.63, 3.8) is 0 Å². The molecule has 4 rings (SSSR count). The van der Waals surface area contributed by atoms with Crippen molar-refractivity contribution >= 4 is 14.0 Å². The van der Waals surface area contributed by atoms with Crippen molar-refractivity contribution in [2.45, 2.75) is 77.7 Å². The topological polar surface area (TPSA) is 84.2 Å². The number of fused-ring (bicyclic) bond motifs is 1. The summed E-state index contributed by atoms with van der Waals surface area (Å²) in [7, 11) is 0.466. The molecule has 1 aliphatic rings. The third-order valence-electron chi connectivity index (χ3n) is 8.16. The van der Waals surface area contributed by atoms with Crippen molar-refractivity contribution < 1.29 is 19.4 Å². The summed E-state index contributed by atoms with van der Waals surface area (Å²) in [4.78, 5) is 28.8. The molecule has 0 fully saturated rings. The largest absolute Gasteiger partial charge is 0.482 e. The molecule has 0 saturated heterocycles. The first-order chi connectivity index (χ1) is 20.9. The Morgan fingerprint density at radius 3 is 2.23 bits per heavy atom. The average molecular weight is 620 g/mol. The molecule has 3 unspecified atom stereocenters. The van der Waals surface area contributed by atoms with E-state index in [1.807, 2.05) is 65.7 Å². The Labute approximate surface area is 263 Å². The summed E-state index contributed by atoms with van der Waals surface area (Å²) >= 11 is 0. The van der Waals surface area contributed by atoms with Gasteiger partial charge in [-0.1, -0.05) is 94.2 Å². The highest BCUT2D eigenvalue weighted by atomic mass is 28.3. The number of hydrogen-bond acceptors (Lipinski definition) is 6. The quantitative estimate of drug-likeness (QED) is 0.160. The van der Waals surface area contributed by atoms with Crippen LogP contribution in [0.15, 0.2) is 77.7 Å². The molecule has 2 heterocycles. The van der Waals surface area contributed by atoms with Crippen molar-refractivity contribution in [3.05, 3.63) is 100.0 Å². The van der Waals surface area contributed by atoms with E-state index in [1.54, 1.807) is 22.8 Å². The van der Waals surface area contributed by atoms with Crippen LogP contribution in [0.2, 0.25) is 25.7 Å². The van der Waals surface area contributed by atoms with Gasteiger partial charge in [-0.2, -0.15) is 0 Å². The number of nitrogens with zero attached hydrogens (tertiary/aromatic N) is 3. The molecule has 3 aromatic rings. The average Bonchev–Trinajstić information content (AvgIpc) is 2.98. The number of pyridine rings is 1. The van der Waals surface area contributed by atoms with Gasteiger partial charge in [0.15, 0.2) is 11.4 Å². The fourth-order valence-electron chi connectivity index (χ4n) is 5.78. The van der Waals surface area contributed by atoms with E-state index < -0.39 is 14.2 Å². The summed E-state index contributed by atoms with van der Waals surface area (Å²) in [6, 6.07) is 21.8. The summed E-state index contributed by atoms with van der Waals surface area (Å²) < 4.78 is 14.1. The van der Waals surface area contributed by atoms with Gasteiger partial charge in [0.25, 0.3) is 5.91 Å². The van der Waals surface area contributed by atoms with E-state index in [1.165, 1.54) is 6.07 Å². The highest BCUT2D eigenvalue weighted by molar-refractivity contribution is 6.76. The molecule has 3 atom stereocenters. The molecular formula is C35H49N3O5Si. The number of carbonyl (C=O) groups is 1. The highest BCUT2D eigenvalue weighted by Gasteiger charge is 2.39. The smallest absolute Gasteiger partial charge is 0.277 e. The van der Waals surface area contributed by atoms with Crippen LogP contribution in [0.5, 0.6) is 5.75 Å². The van der Waals surface area contributed by atoms with Crippen LogP contribution in [0, 0.1) is 11.8 Å². The molecule has 1 aromatic heterocycles. The van der Waals surface area contributed by atoms with E-state index in [0.717, 1.165) is 23.6 Å². The van der Waals surface area contributed by atoms with Crippen molar-refractivity contribution in [3.8, 4) is 5.75 Å². The lowest BCUT2D eigenvalue weighted by molar-refractivity contribution is 0.0402. The minimum atomic E-state index is -1.32. The van der Waals surface area contributed by atoms with Crippen LogP contribution in [0.3, 0.4) is 0 Å². The first-order valence-electron chi connectivity index (χ1n) is 15.7. The fraction of sp³-hybridized carbons (Fsp3) is 0.486. The molecule has 1 aliphatic heterocycles. The number of carbonyl (C=O) groups excluding carboxylic acids is 1. The Morgan fingerprint density at radius 2 is 1.59 bits per heavy atom. The molecule has 0 radical (unpaired) electrons. The SMILES string of the molecule is CC(C)CC(CC(O)c1ccccc1)CC1N(C)C(=O)c2c(OCc3ccccc3)c(=O)ccn2N1COCC[Si](C)(C)C. The maximum Gasteiger partial charge on any atom is 0.277 e. The van der Waals surface area contributed by atoms with Crippen molar-refractivity contribution in [2.75, 3.05) is 25.4 Å². The van der Waals surface area contributed by atoms with Crippen LogP contribution in [-0.4, -0.2) is 55.2 Å². The van der Waals surface area contributed by atoms with E-state index in [9.17, 15) is 14.7 Å². The molecule has 1 amide bonds.